The van der Waals surface area contributed by atoms with Crippen LogP contribution in [0.4, 0.5) is 4.39 Å². The van der Waals surface area contributed by atoms with Gasteiger partial charge in [-0.3, -0.25) is 4.68 Å². The molecule has 3 rings (SSSR count). The number of hydrogen-bond acceptors (Lipinski definition) is 3. The number of nitrogens with one attached hydrogen (secondary N) is 1. The summed E-state index contributed by atoms with van der Waals surface area (Å²) in [7, 11) is 1.92. The van der Waals surface area contributed by atoms with Gasteiger partial charge in [0.15, 0.2) is 5.13 Å². The van der Waals surface area contributed by atoms with Crippen molar-refractivity contribution in [3.8, 4) is 11.3 Å². The summed E-state index contributed by atoms with van der Waals surface area (Å²) in [5.74, 6) is 0. The van der Waals surface area contributed by atoms with Crippen LogP contribution in [0.25, 0.3) is 11.3 Å². The maximum atomic E-state index is 12.9. The highest BCUT2D eigenvalue weighted by Crippen LogP contribution is 2.21. The van der Waals surface area contributed by atoms with E-state index in [1.807, 2.05) is 42.2 Å². The molecule has 0 aliphatic heterocycles. The molecule has 0 spiro atoms. The molecule has 1 N–H and O–H groups in total. The predicted octanol–water partition coefficient (Wildman–Crippen LogP) is 3.58. The van der Waals surface area contributed by atoms with E-state index >= 15 is 0 Å². The van der Waals surface area contributed by atoms with Crippen molar-refractivity contribution in [3.05, 3.63) is 64.2 Å². The fourth-order valence-corrected chi connectivity index (χ4v) is 2.97. The third kappa shape index (κ3) is 3.37. The molecule has 3 nitrogen and oxygen atoms in total. The van der Waals surface area contributed by atoms with E-state index in [1.165, 1.54) is 17.4 Å². The molecule has 108 valence electrons. The summed E-state index contributed by atoms with van der Waals surface area (Å²) in [5.41, 5.74) is 3.24. The summed E-state index contributed by atoms with van der Waals surface area (Å²) >= 11 is 1.18. The molecule has 1 aromatic carbocycles. The maximum absolute atomic E-state index is 12.9. The molecular formula is C16H16FN3S. The largest absolute Gasteiger partial charge is 0.308 e. The van der Waals surface area contributed by atoms with E-state index in [0.717, 1.165) is 21.7 Å². The Kier molecular flexibility index (Phi) is 4.13. The van der Waals surface area contributed by atoms with Gasteiger partial charge in [-0.15, -0.1) is 11.3 Å². The Morgan fingerprint density at radius 1 is 1.14 bits per heavy atom. The monoisotopic (exact) mass is 301 g/mol. The molecule has 0 bridgehead atoms. The van der Waals surface area contributed by atoms with E-state index in [9.17, 15) is 4.39 Å². The molecule has 2 heterocycles. The van der Waals surface area contributed by atoms with Crippen LogP contribution >= 0.6 is 11.3 Å². The van der Waals surface area contributed by atoms with E-state index in [1.54, 1.807) is 0 Å². The lowest BCUT2D eigenvalue weighted by Gasteiger charge is -2.04. The van der Waals surface area contributed by atoms with Crippen LogP contribution in [0.2, 0.25) is 0 Å². The normalized spacial score (nSPS) is 11.0. The molecule has 0 aliphatic rings. The number of rotatable bonds is 5. The molecule has 5 heteroatoms. The van der Waals surface area contributed by atoms with Crippen LogP contribution in [0.1, 0.15) is 10.4 Å². The molecular weight excluding hydrogens is 285 g/mol. The third-order valence-electron chi connectivity index (χ3n) is 3.20. The highest BCUT2D eigenvalue weighted by molar-refractivity contribution is 7.10. The number of aryl methyl sites for hydroxylation is 1. The molecule has 0 unspecified atom stereocenters. The van der Waals surface area contributed by atoms with Crippen molar-refractivity contribution >= 4 is 11.3 Å². The fourth-order valence-electron chi connectivity index (χ4n) is 2.27. The summed E-state index contributed by atoms with van der Waals surface area (Å²) in [5, 5.41) is 7.73. The molecule has 3 aromatic rings. The van der Waals surface area contributed by atoms with Gasteiger partial charge in [0, 0.05) is 42.3 Å². The van der Waals surface area contributed by atoms with Gasteiger partial charge in [0.05, 0.1) is 5.69 Å². The molecule has 0 radical (unpaired) electrons. The lowest BCUT2D eigenvalue weighted by molar-refractivity contribution is 0.657. The van der Waals surface area contributed by atoms with E-state index in [0.29, 0.717) is 13.1 Å². The van der Waals surface area contributed by atoms with E-state index in [2.05, 4.69) is 22.5 Å². The fraction of sp³-hybridized carbons (Fsp3) is 0.188. The number of nitrogens with zero attached hydrogens (tertiary/aromatic N) is 2. The van der Waals surface area contributed by atoms with Crippen LogP contribution < -0.4 is 5.32 Å². The van der Waals surface area contributed by atoms with Crippen molar-refractivity contribution < 1.29 is 4.39 Å². The Bertz CT molecular complexity index is 718. The third-order valence-corrected chi connectivity index (χ3v) is 4.07. The van der Waals surface area contributed by atoms with Gasteiger partial charge in [-0.05, 0) is 12.1 Å². The van der Waals surface area contributed by atoms with Gasteiger partial charge in [0.25, 0.3) is 0 Å². The van der Waals surface area contributed by atoms with Gasteiger partial charge < -0.3 is 5.32 Å². The van der Waals surface area contributed by atoms with Crippen LogP contribution in [0.5, 0.6) is 0 Å². The number of thiophene rings is 1. The Labute approximate surface area is 127 Å². The van der Waals surface area contributed by atoms with Crippen LogP contribution in [-0.4, -0.2) is 9.78 Å². The first-order chi connectivity index (χ1) is 10.2. The summed E-state index contributed by atoms with van der Waals surface area (Å²) < 4.78 is 14.8. The second kappa shape index (κ2) is 6.20. The van der Waals surface area contributed by atoms with Crippen molar-refractivity contribution in [1.82, 2.24) is 15.1 Å². The molecule has 0 aliphatic carbocycles. The maximum Gasteiger partial charge on any atom is 0.176 e. The Morgan fingerprint density at radius 2 is 1.95 bits per heavy atom. The predicted molar refractivity (Wildman–Crippen MR) is 83.5 cm³/mol. The van der Waals surface area contributed by atoms with Crippen molar-refractivity contribution in [1.29, 1.82) is 0 Å². The van der Waals surface area contributed by atoms with Crippen LogP contribution in [0.15, 0.2) is 48.7 Å². The molecule has 0 fully saturated rings. The average Bonchev–Trinajstić information content (AvgIpc) is 3.06. The van der Waals surface area contributed by atoms with Crippen LogP contribution in [0.3, 0.4) is 0 Å². The highest BCUT2D eigenvalue weighted by Gasteiger charge is 2.09. The number of benzene rings is 1. The number of halogens is 1. The van der Waals surface area contributed by atoms with Gasteiger partial charge in [-0.2, -0.15) is 9.49 Å². The number of aromatic nitrogens is 2. The first-order valence-corrected chi connectivity index (χ1v) is 7.57. The van der Waals surface area contributed by atoms with Crippen LogP contribution in [-0.2, 0) is 20.1 Å². The summed E-state index contributed by atoms with van der Waals surface area (Å²) in [6.45, 7) is 1.37. The Morgan fingerprint density at radius 3 is 2.67 bits per heavy atom. The smallest absolute Gasteiger partial charge is 0.176 e. The molecule has 21 heavy (non-hydrogen) atoms. The van der Waals surface area contributed by atoms with Crippen LogP contribution in [0, 0.1) is 5.13 Å². The SMILES string of the molecule is Cn1cc(CNCc2ccc(F)s2)c(-c2ccccc2)n1. The second-order valence-electron chi connectivity index (χ2n) is 4.85. The van der Waals surface area contributed by atoms with Crippen molar-refractivity contribution in [2.24, 2.45) is 7.05 Å². The van der Waals surface area contributed by atoms with Gasteiger partial charge >= 0.3 is 0 Å². The Balaban J connectivity index is 1.71. The van der Waals surface area contributed by atoms with E-state index < -0.39 is 0 Å². The lowest BCUT2D eigenvalue weighted by atomic mass is 10.1. The summed E-state index contributed by atoms with van der Waals surface area (Å²) in [4.78, 5) is 0.998. The van der Waals surface area contributed by atoms with Gasteiger partial charge in [0.1, 0.15) is 0 Å². The van der Waals surface area contributed by atoms with Gasteiger partial charge in [0.2, 0.25) is 0 Å². The van der Waals surface area contributed by atoms with E-state index in [-0.39, 0.29) is 5.13 Å². The minimum Gasteiger partial charge on any atom is -0.308 e. The lowest BCUT2D eigenvalue weighted by Crippen LogP contribution is -2.11. The minimum atomic E-state index is -0.141. The zero-order valence-corrected chi connectivity index (χ0v) is 12.5. The highest BCUT2D eigenvalue weighted by atomic mass is 32.1. The second-order valence-corrected chi connectivity index (χ2v) is 5.97. The Hall–Kier alpha value is -1.98. The molecule has 0 saturated heterocycles. The van der Waals surface area contributed by atoms with Crippen molar-refractivity contribution in [3.63, 3.8) is 0 Å². The van der Waals surface area contributed by atoms with Gasteiger partial charge in [-0.1, -0.05) is 30.3 Å². The molecule has 2 aromatic heterocycles. The molecule has 0 saturated carbocycles. The zero-order chi connectivity index (χ0) is 14.7. The quantitative estimate of drug-likeness (QED) is 0.780. The molecule has 0 amide bonds. The summed E-state index contributed by atoms with van der Waals surface area (Å²) in [6, 6.07) is 13.4. The minimum absolute atomic E-state index is 0.141. The average molecular weight is 301 g/mol. The van der Waals surface area contributed by atoms with Gasteiger partial charge in [-0.25, -0.2) is 0 Å². The summed E-state index contributed by atoms with van der Waals surface area (Å²) in [6.07, 6.45) is 2.02. The standard InChI is InChI=1S/C16H16FN3S/c1-20-11-13(9-18-10-14-7-8-15(17)21-14)16(19-20)12-5-3-2-4-6-12/h2-8,11,18H,9-10H2,1H3. The van der Waals surface area contributed by atoms with E-state index in [4.69, 9.17) is 0 Å². The van der Waals surface area contributed by atoms with Crippen molar-refractivity contribution in [2.45, 2.75) is 13.1 Å². The first kappa shape index (κ1) is 14.0. The number of hydrogen-bond donors (Lipinski definition) is 1. The zero-order valence-electron chi connectivity index (χ0n) is 11.7. The molecule has 0 atom stereocenters. The van der Waals surface area contributed by atoms with Crippen molar-refractivity contribution in [2.75, 3.05) is 0 Å². The topological polar surface area (TPSA) is 29.9 Å². The first-order valence-electron chi connectivity index (χ1n) is 6.75.